The van der Waals surface area contributed by atoms with Gasteiger partial charge < -0.3 is 4.90 Å². The van der Waals surface area contributed by atoms with E-state index in [9.17, 15) is 4.79 Å². The van der Waals surface area contributed by atoms with E-state index in [1.165, 1.54) is 38.5 Å². The predicted octanol–water partition coefficient (Wildman–Crippen LogP) is 4.29. The highest BCUT2D eigenvalue weighted by molar-refractivity contribution is 7.81. The summed E-state index contributed by atoms with van der Waals surface area (Å²) >= 11 is 4.54. The van der Waals surface area contributed by atoms with Gasteiger partial charge in [0.25, 0.3) is 0 Å². The lowest BCUT2D eigenvalue weighted by Crippen LogP contribution is -2.32. The van der Waals surface area contributed by atoms with Crippen molar-refractivity contribution in [3.63, 3.8) is 0 Å². The lowest BCUT2D eigenvalue weighted by Gasteiger charge is -2.20. The topological polar surface area (TPSA) is 20.3 Å². The lowest BCUT2D eigenvalue weighted by atomic mass is 10.1. The van der Waals surface area contributed by atoms with Crippen molar-refractivity contribution in [3.05, 3.63) is 0 Å². The third-order valence-corrected chi connectivity index (χ3v) is 3.86. The predicted molar refractivity (Wildman–Crippen MR) is 83.3 cm³/mol. The maximum atomic E-state index is 11.9. The van der Waals surface area contributed by atoms with Crippen LogP contribution in [0.4, 0.5) is 0 Å². The number of hydrogen-bond donors (Lipinski definition) is 1. The Kier molecular flexibility index (Phi) is 11.8. The average Bonchev–Trinajstić information content (AvgIpc) is 2.35. The molecule has 18 heavy (non-hydrogen) atoms. The Balaban J connectivity index is 3.58. The fourth-order valence-corrected chi connectivity index (χ4v) is 2.51. The van der Waals surface area contributed by atoms with Gasteiger partial charge in [-0.25, -0.2) is 0 Å². The molecule has 0 aromatic heterocycles. The van der Waals surface area contributed by atoms with Crippen LogP contribution in [0.2, 0.25) is 0 Å². The summed E-state index contributed by atoms with van der Waals surface area (Å²) in [4.78, 5) is 13.8. The van der Waals surface area contributed by atoms with E-state index in [1.54, 1.807) is 0 Å². The van der Waals surface area contributed by atoms with Gasteiger partial charge in [-0.2, -0.15) is 12.6 Å². The van der Waals surface area contributed by atoms with Crippen LogP contribution in [-0.4, -0.2) is 29.1 Å². The van der Waals surface area contributed by atoms with Gasteiger partial charge in [0.15, 0.2) is 0 Å². The van der Waals surface area contributed by atoms with Gasteiger partial charge in [0.1, 0.15) is 0 Å². The van der Waals surface area contributed by atoms with E-state index in [4.69, 9.17) is 0 Å². The monoisotopic (exact) mass is 273 g/mol. The van der Waals surface area contributed by atoms with Gasteiger partial charge in [0, 0.05) is 24.8 Å². The minimum atomic E-state index is 0.240. The number of thiol groups is 1. The van der Waals surface area contributed by atoms with Gasteiger partial charge in [0.05, 0.1) is 0 Å². The van der Waals surface area contributed by atoms with Crippen molar-refractivity contribution < 1.29 is 4.79 Å². The van der Waals surface area contributed by atoms with Crippen LogP contribution in [0.5, 0.6) is 0 Å². The molecule has 0 aliphatic rings. The van der Waals surface area contributed by atoms with Crippen LogP contribution in [0, 0.1) is 0 Å². The highest BCUT2D eigenvalue weighted by atomic mass is 32.1. The number of nitrogens with zero attached hydrogens (tertiary/aromatic N) is 1. The van der Waals surface area contributed by atoms with Gasteiger partial charge in [-0.3, -0.25) is 4.79 Å². The smallest absolute Gasteiger partial charge is 0.223 e. The summed E-state index contributed by atoms with van der Waals surface area (Å²) in [5.41, 5.74) is 0. The van der Waals surface area contributed by atoms with Crippen molar-refractivity contribution >= 4 is 18.5 Å². The van der Waals surface area contributed by atoms with Crippen molar-refractivity contribution in [2.24, 2.45) is 0 Å². The molecule has 108 valence electrons. The quantitative estimate of drug-likeness (QED) is 0.440. The molecular weight excluding hydrogens is 242 g/mol. The van der Waals surface area contributed by atoms with Gasteiger partial charge >= 0.3 is 0 Å². The van der Waals surface area contributed by atoms with Crippen molar-refractivity contribution in [1.29, 1.82) is 0 Å². The van der Waals surface area contributed by atoms with E-state index < -0.39 is 0 Å². The highest BCUT2D eigenvalue weighted by Crippen LogP contribution is 2.15. The molecule has 0 N–H and O–H groups in total. The molecule has 0 aliphatic carbocycles. The second kappa shape index (κ2) is 11.9. The highest BCUT2D eigenvalue weighted by Gasteiger charge is 2.14. The van der Waals surface area contributed by atoms with Crippen LogP contribution in [-0.2, 0) is 4.79 Å². The molecule has 1 atom stereocenters. The number of carbonyl (C=O) groups is 1. The molecular formula is C15H31NOS. The first kappa shape index (κ1) is 17.8. The van der Waals surface area contributed by atoms with E-state index in [2.05, 4.69) is 19.6 Å². The first-order chi connectivity index (χ1) is 8.65. The maximum absolute atomic E-state index is 11.9. The van der Waals surface area contributed by atoms with Crippen LogP contribution in [0.25, 0.3) is 0 Å². The van der Waals surface area contributed by atoms with E-state index in [1.807, 2.05) is 18.7 Å². The summed E-state index contributed by atoms with van der Waals surface area (Å²) in [6.45, 7) is 7.92. The average molecular weight is 273 g/mol. The molecule has 0 fully saturated rings. The van der Waals surface area contributed by atoms with Crippen molar-refractivity contribution in [1.82, 2.24) is 4.90 Å². The Hall–Kier alpha value is -0.180. The third-order valence-electron chi connectivity index (χ3n) is 3.42. The van der Waals surface area contributed by atoms with Gasteiger partial charge in [-0.05, 0) is 20.3 Å². The molecule has 1 unspecified atom stereocenters. The molecule has 0 aromatic carbocycles. The zero-order valence-electron chi connectivity index (χ0n) is 12.5. The molecule has 0 spiro atoms. The zero-order valence-corrected chi connectivity index (χ0v) is 13.3. The Morgan fingerprint density at radius 3 is 2.11 bits per heavy atom. The SMILES string of the molecule is CCCCCCCCC(S)CC(=O)N(CC)CC. The van der Waals surface area contributed by atoms with Crippen LogP contribution in [0.1, 0.15) is 72.1 Å². The Labute approximate surface area is 119 Å². The summed E-state index contributed by atoms with van der Waals surface area (Å²) in [6.07, 6.45) is 9.50. The summed E-state index contributed by atoms with van der Waals surface area (Å²) < 4.78 is 0. The van der Waals surface area contributed by atoms with Gasteiger partial charge in [-0.15, -0.1) is 0 Å². The molecule has 0 aromatic rings. The van der Waals surface area contributed by atoms with E-state index in [0.717, 1.165) is 19.5 Å². The Morgan fingerprint density at radius 1 is 1.00 bits per heavy atom. The van der Waals surface area contributed by atoms with Crippen molar-refractivity contribution in [2.45, 2.75) is 77.4 Å². The van der Waals surface area contributed by atoms with Crippen LogP contribution < -0.4 is 0 Å². The molecule has 2 nitrogen and oxygen atoms in total. The fourth-order valence-electron chi connectivity index (χ4n) is 2.17. The summed E-state index contributed by atoms with van der Waals surface area (Å²) in [6, 6.07) is 0. The molecule has 0 saturated carbocycles. The molecule has 0 heterocycles. The number of amides is 1. The summed E-state index contributed by atoms with van der Waals surface area (Å²) in [7, 11) is 0. The molecule has 0 bridgehead atoms. The maximum Gasteiger partial charge on any atom is 0.223 e. The number of hydrogen-bond acceptors (Lipinski definition) is 2. The van der Waals surface area contributed by atoms with Gasteiger partial charge in [0.2, 0.25) is 5.91 Å². The van der Waals surface area contributed by atoms with Crippen molar-refractivity contribution in [3.8, 4) is 0 Å². The van der Waals surface area contributed by atoms with E-state index >= 15 is 0 Å². The standard InChI is InChI=1S/C15H31NOS/c1-4-7-8-9-10-11-12-14(18)13-15(17)16(5-2)6-3/h14,18H,4-13H2,1-3H3. The Morgan fingerprint density at radius 2 is 1.56 bits per heavy atom. The van der Waals surface area contributed by atoms with Crippen molar-refractivity contribution in [2.75, 3.05) is 13.1 Å². The Bertz CT molecular complexity index is 205. The first-order valence-corrected chi connectivity index (χ1v) is 8.13. The molecule has 0 radical (unpaired) electrons. The normalized spacial score (nSPS) is 12.4. The number of carbonyl (C=O) groups excluding carboxylic acids is 1. The summed E-state index contributed by atoms with van der Waals surface area (Å²) in [5, 5.41) is 0.240. The van der Waals surface area contributed by atoms with Crippen LogP contribution in [0.15, 0.2) is 0 Å². The van der Waals surface area contributed by atoms with Crippen LogP contribution in [0.3, 0.4) is 0 Å². The minimum absolute atomic E-state index is 0.240. The number of rotatable bonds is 11. The molecule has 0 rings (SSSR count). The molecule has 3 heteroatoms. The molecule has 1 amide bonds. The van der Waals surface area contributed by atoms with Gasteiger partial charge in [-0.1, -0.05) is 45.4 Å². The first-order valence-electron chi connectivity index (χ1n) is 7.61. The largest absolute Gasteiger partial charge is 0.343 e. The zero-order chi connectivity index (χ0) is 13.8. The van der Waals surface area contributed by atoms with E-state index in [-0.39, 0.29) is 11.2 Å². The number of unbranched alkanes of at least 4 members (excludes halogenated alkanes) is 5. The van der Waals surface area contributed by atoms with Crippen LogP contribution >= 0.6 is 12.6 Å². The third kappa shape index (κ3) is 8.84. The lowest BCUT2D eigenvalue weighted by molar-refractivity contribution is -0.130. The fraction of sp³-hybridized carbons (Fsp3) is 0.933. The minimum Gasteiger partial charge on any atom is -0.343 e. The summed E-state index contributed by atoms with van der Waals surface area (Å²) in [5.74, 6) is 0.256. The second-order valence-electron chi connectivity index (χ2n) is 4.98. The molecule has 0 saturated heterocycles. The second-order valence-corrected chi connectivity index (χ2v) is 5.71. The van der Waals surface area contributed by atoms with E-state index in [0.29, 0.717) is 6.42 Å². The molecule has 0 aliphatic heterocycles.